The molecule has 0 bridgehead atoms. The van der Waals surface area contributed by atoms with Crippen LogP contribution in [-0.2, 0) is 11.3 Å². The highest BCUT2D eigenvalue weighted by Gasteiger charge is 2.32. The predicted octanol–water partition coefficient (Wildman–Crippen LogP) is 0.769. The van der Waals surface area contributed by atoms with Gasteiger partial charge in [-0.3, -0.25) is 9.69 Å². The monoisotopic (exact) mass is 329 g/mol. The number of halogens is 1. The van der Waals surface area contributed by atoms with E-state index < -0.39 is 0 Å². The number of aliphatic hydroxyl groups excluding tert-OH is 1. The number of β-amino-alcohol motifs (C(OH)–C–C–N with tert-alkyl or cyclic N) is 1. The SMILES string of the molecule is O=C(C1CC(O)CN1)N1CCN(Cc2ccc(Cl)s2)CC1. The molecule has 2 saturated heterocycles. The first kappa shape index (κ1) is 15.2. The van der Waals surface area contributed by atoms with Crippen molar-refractivity contribution in [3.8, 4) is 0 Å². The maximum Gasteiger partial charge on any atom is 0.239 e. The normalized spacial score (nSPS) is 27.2. The molecule has 116 valence electrons. The first-order valence-corrected chi connectivity index (χ1v) is 8.48. The summed E-state index contributed by atoms with van der Waals surface area (Å²) < 4.78 is 0.824. The lowest BCUT2D eigenvalue weighted by Gasteiger charge is -2.35. The molecule has 2 unspecified atom stereocenters. The van der Waals surface area contributed by atoms with Gasteiger partial charge < -0.3 is 15.3 Å². The summed E-state index contributed by atoms with van der Waals surface area (Å²) in [6, 6.07) is 3.79. The van der Waals surface area contributed by atoms with Crippen LogP contribution in [0, 0.1) is 0 Å². The van der Waals surface area contributed by atoms with E-state index in [0.717, 1.165) is 37.1 Å². The average molecular weight is 330 g/mol. The summed E-state index contributed by atoms with van der Waals surface area (Å²) in [6.45, 7) is 4.71. The molecule has 0 aromatic carbocycles. The van der Waals surface area contributed by atoms with Crippen LogP contribution >= 0.6 is 22.9 Å². The van der Waals surface area contributed by atoms with Gasteiger partial charge in [0.1, 0.15) is 0 Å². The Bertz CT molecular complexity index is 502. The highest BCUT2D eigenvalue weighted by molar-refractivity contribution is 7.16. The fourth-order valence-electron chi connectivity index (χ4n) is 2.91. The number of aliphatic hydroxyl groups is 1. The third-order valence-corrected chi connectivity index (χ3v) is 5.31. The van der Waals surface area contributed by atoms with E-state index in [1.807, 2.05) is 11.0 Å². The summed E-state index contributed by atoms with van der Waals surface area (Å²) in [5.41, 5.74) is 0. The van der Waals surface area contributed by atoms with Crippen molar-refractivity contribution in [1.29, 1.82) is 0 Å². The molecule has 0 aliphatic carbocycles. The molecule has 2 fully saturated rings. The molecule has 1 amide bonds. The van der Waals surface area contributed by atoms with Gasteiger partial charge in [0.15, 0.2) is 0 Å². The van der Waals surface area contributed by atoms with Crippen LogP contribution in [0.25, 0.3) is 0 Å². The van der Waals surface area contributed by atoms with Gasteiger partial charge >= 0.3 is 0 Å². The maximum atomic E-state index is 12.3. The van der Waals surface area contributed by atoms with Gasteiger partial charge in [-0.05, 0) is 18.6 Å². The first-order chi connectivity index (χ1) is 10.1. The number of nitrogens with one attached hydrogen (secondary N) is 1. The molecule has 3 heterocycles. The summed E-state index contributed by atoms with van der Waals surface area (Å²) in [6.07, 6.45) is 0.149. The van der Waals surface area contributed by atoms with Gasteiger partial charge in [-0.1, -0.05) is 11.6 Å². The van der Waals surface area contributed by atoms with Crippen molar-refractivity contribution < 1.29 is 9.90 Å². The summed E-state index contributed by atoms with van der Waals surface area (Å²) in [5, 5.41) is 12.6. The molecule has 0 spiro atoms. The molecule has 1 aromatic rings. The number of carbonyl (C=O) groups is 1. The zero-order valence-corrected chi connectivity index (χ0v) is 13.4. The molecular formula is C14H20ClN3O2S. The van der Waals surface area contributed by atoms with Crippen molar-refractivity contribution in [2.45, 2.75) is 25.1 Å². The Morgan fingerprint density at radius 2 is 2.14 bits per heavy atom. The zero-order chi connectivity index (χ0) is 14.8. The Balaban J connectivity index is 1.47. The van der Waals surface area contributed by atoms with E-state index in [4.69, 9.17) is 11.6 Å². The largest absolute Gasteiger partial charge is 0.392 e. The molecule has 2 atom stereocenters. The van der Waals surface area contributed by atoms with Crippen LogP contribution in [0.5, 0.6) is 0 Å². The van der Waals surface area contributed by atoms with Crippen LogP contribution in [0.15, 0.2) is 12.1 Å². The van der Waals surface area contributed by atoms with Gasteiger partial charge in [-0.2, -0.15) is 0 Å². The van der Waals surface area contributed by atoms with E-state index in [9.17, 15) is 9.90 Å². The Kier molecular flexibility index (Phi) is 4.81. The lowest BCUT2D eigenvalue weighted by atomic mass is 10.1. The lowest BCUT2D eigenvalue weighted by Crippen LogP contribution is -2.52. The number of hydrogen-bond donors (Lipinski definition) is 2. The fraction of sp³-hybridized carbons (Fsp3) is 0.643. The van der Waals surface area contributed by atoms with Crippen molar-refractivity contribution in [1.82, 2.24) is 15.1 Å². The highest BCUT2D eigenvalue weighted by Crippen LogP contribution is 2.23. The van der Waals surface area contributed by atoms with Gasteiger partial charge in [-0.15, -0.1) is 11.3 Å². The molecule has 2 aliphatic rings. The molecule has 2 N–H and O–H groups in total. The number of nitrogens with zero attached hydrogens (tertiary/aromatic N) is 2. The molecule has 7 heteroatoms. The minimum atomic E-state index is -0.385. The minimum Gasteiger partial charge on any atom is -0.392 e. The number of carbonyl (C=O) groups excluding carboxylic acids is 1. The number of thiophene rings is 1. The summed E-state index contributed by atoms with van der Waals surface area (Å²) in [5.74, 6) is 0.130. The maximum absolute atomic E-state index is 12.3. The van der Waals surface area contributed by atoms with Crippen LogP contribution in [0.1, 0.15) is 11.3 Å². The third-order valence-electron chi connectivity index (χ3n) is 4.10. The quantitative estimate of drug-likeness (QED) is 0.860. The minimum absolute atomic E-state index is 0.130. The van der Waals surface area contributed by atoms with Gasteiger partial charge in [0, 0.05) is 44.1 Å². The second-order valence-corrected chi connectivity index (χ2v) is 7.46. The van der Waals surface area contributed by atoms with Crippen LogP contribution < -0.4 is 5.32 Å². The van der Waals surface area contributed by atoms with E-state index in [1.54, 1.807) is 11.3 Å². The number of rotatable bonds is 3. The first-order valence-electron chi connectivity index (χ1n) is 7.28. The molecule has 5 nitrogen and oxygen atoms in total. The standard InChI is InChI=1S/C14H20ClN3O2S/c15-13-2-1-11(21-13)9-17-3-5-18(6-4-17)14(20)12-7-10(19)8-16-12/h1-2,10,12,16,19H,3-9H2. The molecule has 3 rings (SSSR count). The van der Waals surface area contributed by atoms with E-state index in [0.29, 0.717) is 13.0 Å². The average Bonchev–Trinajstić information content (AvgIpc) is 3.08. The van der Waals surface area contributed by atoms with Gasteiger partial charge in [0.25, 0.3) is 0 Å². The van der Waals surface area contributed by atoms with Crippen LogP contribution in [0.4, 0.5) is 0 Å². The Hall–Kier alpha value is -0.660. The van der Waals surface area contributed by atoms with E-state index >= 15 is 0 Å². The predicted molar refractivity (Wildman–Crippen MR) is 83.6 cm³/mol. The summed E-state index contributed by atoms with van der Waals surface area (Å²) in [7, 11) is 0. The van der Waals surface area contributed by atoms with Crippen molar-refractivity contribution >= 4 is 28.8 Å². The van der Waals surface area contributed by atoms with Crippen molar-refractivity contribution in [2.75, 3.05) is 32.7 Å². The molecule has 0 saturated carbocycles. The van der Waals surface area contributed by atoms with Gasteiger partial charge in [0.05, 0.1) is 16.5 Å². The smallest absolute Gasteiger partial charge is 0.239 e. The molecular weight excluding hydrogens is 310 g/mol. The Morgan fingerprint density at radius 3 is 2.71 bits per heavy atom. The summed E-state index contributed by atoms with van der Waals surface area (Å²) >= 11 is 7.56. The van der Waals surface area contributed by atoms with Gasteiger partial charge in [-0.25, -0.2) is 0 Å². The van der Waals surface area contributed by atoms with Crippen LogP contribution in [0.2, 0.25) is 4.34 Å². The molecule has 21 heavy (non-hydrogen) atoms. The van der Waals surface area contributed by atoms with E-state index in [-0.39, 0.29) is 18.1 Å². The second-order valence-electron chi connectivity index (χ2n) is 5.66. The van der Waals surface area contributed by atoms with Crippen molar-refractivity contribution in [2.24, 2.45) is 0 Å². The fourth-order valence-corrected chi connectivity index (χ4v) is 4.04. The number of hydrogen-bond acceptors (Lipinski definition) is 5. The Morgan fingerprint density at radius 1 is 1.38 bits per heavy atom. The third kappa shape index (κ3) is 3.76. The number of piperazine rings is 1. The van der Waals surface area contributed by atoms with Crippen molar-refractivity contribution in [3.63, 3.8) is 0 Å². The topological polar surface area (TPSA) is 55.8 Å². The van der Waals surface area contributed by atoms with E-state index in [2.05, 4.69) is 16.3 Å². The second kappa shape index (κ2) is 6.62. The summed E-state index contributed by atoms with van der Waals surface area (Å²) in [4.78, 5) is 17.9. The Labute approximate surface area is 133 Å². The van der Waals surface area contributed by atoms with E-state index in [1.165, 1.54) is 4.88 Å². The number of amides is 1. The molecule has 1 aromatic heterocycles. The van der Waals surface area contributed by atoms with Crippen LogP contribution in [-0.4, -0.2) is 65.7 Å². The highest BCUT2D eigenvalue weighted by atomic mass is 35.5. The van der Waals surface area contributed by atoms with Crippen molar-refractivity contribution in [3.05, 3.63) is 21.3 Å². The molecule has 2 aliphatic heterocycles. The zero-order valence-electron chi connectivity index (χ0n) is 11.8. The van der Waals surface area contributed by atoms with Gasteiger partial charge in [0.2, 0.25) is 5.91 Å². The lowest BCUT2D eigenvalue weighted by molar-refractivity contribution is -0.135. The van der Waals surface area contributed by atoms with Crippen LogP contribution in [0.3, 0.4) is 0 Å². The molecule has 0 radical (unpaired) electrons.